The minimum absolute atomic E-state index is 0.501. The van der Waals surface area contributed by atoms with Crippen LogP contribution in [0, 0.1) is 11.3 Å². The second kappa shape index (κ2) is 3.59. The van der Waals surface area contributed by atoms with E-state index in [1.54, 1.807) is 0 Å². The maximum Gasteiger partial charge on any atom is 0.0979 e. The molecule has 0 saturated carbocycles. The fraction of sp³-hybridized carbons (Fsp3) is 0.667. The second-order valence-electron chi connectivity index (χ2n) is 3.43. The van der Waals surface area contributed by atoms with Crippen molar-refractivity contribution in [3.05, 3.63) is 11.3 Å². The van der Waals surface area contributed by atoms with E-state index >= 15 is 0 Å². The molecule has 1 aliphatic heterocycles. The molecule has 0 unspecified atom stereocenters. The van der Waals surface area contributed by atoms with Gasteiger partial charge in [-0.25, -0.2) is 0 Å². The van der Waals surface area contributed by atoms with Gasteiger partial charge < -0.3 is 5.73 Å². The summed E-state index contributed by atoms with van der Waals surface area (Å²) in [5.41, 5.74) is 7.20. The molecule has 1 aliphatic rings. The van der Waals surface area contributed by atoms with Crippen molar-refractivity contribution >= 4 is 0 Å². The highest BCUT2D eigenvalue weighted by molar-refractivity contribution is 5.29. The lowest BCUT2D eigenvalue weighted by Gasteiger charge is -2.30. The number of nitrogens with two attached hydrogens (primary N) is 1. The third-order valence-electron chi connectivity index (χ3n) is 2.28. The summed E-state index contributed by atoms with van der Waals surface area (Å²) in [6.45, 7) is 5.97. The van der Waals surface area contributed by atoms with Crippen LogP contribution in [-0.4, -0.2) is 24.0 Å². The first kappa shape index (κ1) is 9.08. The average molecular weight is 165 g/mol. The molecule has 3 heteroatoms. The SMILES string of the molecule is CC(C)N1CCC(N)=C(C#N)C1. The smallest absolute Gasteiger partial charge is 0.0979 e. The van der Waals surface area contributed by atoms with E-state index in [2.05, 4.69) is 24.8 Å². The van der Waals surface area contributed by atoms with E-state index in [0.717, 1.165) is 30.8 Å². The normalized spacial score (nSPS) is 19.8. The predicted octanol–water partition coefficient (Wildman–Crippen LogP) is 0.837. The summed E-state index contributed by atoms with van der Waals surface area (Å²) in [4.78, 5) is 2.26. The van der Waals surface area contributed by atoms with Crippen LogP contribution in [0.5, 0.6) is 0 Å². The van der Waals surface area contributed by atoms with E-state index in [-0.39, 0.29) is 0 Å². The molecule has 1 heterocycles. The topological polar surface area (TPSA) is 53.0 Å². The first-order valence-corrected chi connectivity index (χ1v) is 4.26. The zero-order chi connectivity index (χ0) is 9.14. The van der Waals surface area contributed by atoms with Crippen LogP contribution in [-0.2, 0) is 0 Å². The van der Waals surface area contributed by atoms with Crippen molar-refractivity contribution in [3.8, 4) is 6.07 Å². The molecule has 0 aromatic rings. The summed E-state index contributed by atoms with van der Waals surface area (Å²) in [6.07, 6.45) is 0.834. The lowest BCUT2D eigenvalue weighted by molar-refractivity contribution is 0.234. The van der Waals surface area contributed by atoms with Gasteiger partial charge in [-0.1, -0.05) is 0 Å². The Kier molecular flexibility index (Phi) is 2.72. The molecule has 0 aromatic carbocycles. The summed E-state index contributed by atoms with van der Waals surface area (Å²) in [6, 6.07) is 2.65. The third kappa shape index (κ3) is 1.77. The van der Waals surface area contributed by atoms with Gasteiger partial charge >= 0.3 is 0 Å². The molecule has 0 amide bonds. The van der Waals surface area contributed by atoms with E-state index in [1.165, 1.54) is 0 Å². The lowest BCUT2D eigenvalue weighted by atomic mass is 10.1. The van der Waals surface area contributed by atoms with E-state index < -0.39 is 0 Å². The Labute approximate surface area is 73.5 Å². The van der Waals surface area contributed by atoms with Crippen molar-refractivity contribution in [2.24, 2.45) is 5.73 Å². The van der Waals surface area contributed by atoms with E-state index in [0.29, 0.717) is 6.04 Å². The molecule has 1 rings (SSSR count). The molecule has 0 radical (unpaired) electrons. The van der Waals surface area contributed by atoms with Crippen molar-refractivity contribution in [3.63, 3.8) is 0 Å². The van der Waals surface area contributed by atoms with Crippen LogP contribution in [0.15, 0.2) is 11.3 Å². The lowest BCUT2D eigenvalue weighted by Crippen LogP contribution is -2.38. The van der Waals surface area contributed by atoms with Crippen LogP contribution >= 0.6 is 0 Å². The predicted molar refractivity (Wildman–Crippen MR) is 48.2 cm³/mol. The Hall–Kier alpha value is -1.01. The van der Waals surface area contributed by atoms with Crippen LogP contribution in [0.1, 0.15) is 20.3 Å². The Balaban J connectivity index is 2.69. The van der Waals surface area contributed by atoms with Gasteiger partial charge in [-0.05, 0) is 13.8 Å². The Morgan fingerprint density at radius 3 is 2.75 bits per heavy atom. The summed E-state index contributed by atoms with van der Waals surface area (Å²) < 4.78 is 0. The fourth-order valence-electron chi connectivity index (χ4n) is 1.35. The molecule has 0 saturated heterocycles. The van der Waals surface area contributed by atoms with Gasteiger partial charge in [0.05, 0.1) is 11.6 Å². The molecule has 3 nitrogen and oxygen atoms in total. The second-order valence-corrected chi connectivity index (χ2v) is 3.43. The standard InChI is InChI=1S/C9H15N3/c1-7(2)12-4-3-9(11)8(5-10)6-12/h7H,3-4,6,11H2,1-2H3. The molecular formula is C9H15N3. The molecular weight excluding hydrogens is 150 g/mol. The van der Waals surface area contributed by atoms with E-state index in [1.807, 2.05) is 0 Å². The number of nitrogens with zero attached hydrogens (tertiary/aromatic N) is 2. The largest absolute Gasteiger partial charge is 0.401 e. The van der Waals surface area contributed by atoms with Gasteiger partial charge in [0.2, 0.25) is 0 Å². The highest BCUT2D eigenvalue weighted by Crippen LogP contribution is 2.15. The molecule has 0 fully saturated rings. The number of nitriles is 1. The molecule has 0 bridgehead atoms. The molecule has 0 atom stereocenters. The van der Waals surface area contributed by atoms with Crippen LogP contribution in [0.25, 0.3) is 0 Å². The number of hydrogen-bond donors (Lipinski definition) is 1. The van der Waals surface area contributed by atoms with Gasteiger partial charge in [-0.2, -0.15) is 5.26 Å². The molecule has 12 heavy (non-hydrogen) atoms. The van der Waals surface area contributed by atoms with Gasteiger partial charge in [0.1, 0.15) is 0 Å². The fourth-order valence-corrected chi connectivity index (χ4v) is 1.35. The highest BCUT2D eigenvalue weighted by atomic mass is 15.2. The molecule has 66 valence electrons. The minimum atomic E-state index is 0.501. The van der Waals surface area contributed by atoms with Crippen molar-refractivity contribution in [2.75, 3.05) is 13.1 Å². The third-order valence-corrected chi connectivity index (χ3v) is 2.28. The number of hydrogen-bond acceptors (Lipinski definition) is 3. The van der Waals surface area contributed by atoms with Gasteiger partial charge in [-0.3, -0.25) is 4.90 Å². The van der Waals surface area contributed by atoms with Crippen LogP contribution in [0.3, 0.4) is 0 Å². The summed E-state index contributed by atoms with van der Waals surface area (Å²) in [5.74, 6) is 0. The average Bonchev–Trinajstić information content (AvgIpc) is 2.05. The van der Waals surface area contributed by atoms with Crippen molar-refractivity contribution in [1.29, 1.82) is 5.26 Å². The van der Waals surface area contributed by atoms with Crippen molar-refractivity contribution in [2.45, 2.75) is 26.3 Å². The molecule has 2 N–H and O–H groups in total. The summed E-state index contributed by atoms with van der Waals surface area (Å²) in [7, 11) is 0. The monoisotopic (exact) mass is 165 g/mol. The quantitative estimate of drug-likeness (QED) is 0.626. The van der Waals surface area contributed by atoms with E-state index in [4.69, 9.17) is 11.0 Å². The maximum atomic E-state index is 8.75. The van der Waals surface area contributed by atoms with Crippen LogP contribution in [0.2, 0.25) is 0 Å². The van der Waals surface area contributed by atoms with Gasteiger partial charge in [0, 0.05) is 31.2 Å². The van der Waals surface area contributed by atoms with Crippen molar-refractivity contribution in [1.82, 2.24) is 4.90 Å². The highest BCUT2D eigenvalue weighted by Gasteiger charge is 2.18. The molecule has 0 spiro atoms. The zero-order valence-electron chi connectivity index (χ0n) is 7.67. The zero-order valence-corrected chi connectivity index (χ0v) is 7.67. The first-order chi connectivity index (χ1) is 5.65. The maximum absolute atomic E-state index is 8.75. The van der Waals surface area contributed by atoms with Gasteiger partial charge in [0.25, 0.3) is 0 Å². The van der Waals surface area contributed by atoms with E-state index in [9.17, 15) is 0 Å². The molecule has 0 aromatic heterocycles. The Bertz CT molecular complexity index is 235. The van der Waals surface area contributed by atoms with Crippen LogP contribution in [0.4, 0.5) is 0 Å². The van der Waals surface area contributed by atoms with Gasteiger partial charge in [0.15, 0.2) is 0 Å². The summed E-state index contributed by atoms with van der Waals surface area (Å²) >= 11 is 0. The summed E-state index contributed by atoms with van der Waals surface area (Å²) in [5, 5.41) is 8.75. The van der Waals surface area contributed by atoms with Crippen LogP contribution < -0.4 is 5.73 Å². The Morgan fingerprint density at radius 2 is 2.25 bits per heavy atom. The number of rotatable bonds is 1. The molecule has 0 aliphatic carbocycles. The first-order valence-electron chi connectivity index (χ1n) is 4.26. The van der Waals surface area contributed by atoms with Crippen molar-refractivity contribution < 1.29 is 0 Å². The minimum Gasteiger partial charge on any atom is -0.401 e. The van der Waals surface area contributed by atoms with Gasteiger partial charge in [-0.15, -0.1) is 0 Å². The Morgan fingerprint density at radius 1 is 1.58 bits per heavy atom.